The van der Waals surface area contributed by atoms with Gasteiger partial charge >= 0.3 is 0 Å². The van der Waals surface area contributed by atoms with Crippen molar-refractivity contribution in [3.8, 4) is 0 Å². The lowest BCUT2D eigenvalue weighted by Crippen LogP contribution is -2.48. The van der Waals surface area contributed by atoms with Gasteiger partial charge in [-0.15, -0.1) is 12.6 Å². The molecule has 0 spiro atoms. The van der Waals surface area contributed by atoms with Crippen LogP contribution in [0.5, 0.6) is 0 Å². The van der Waals surface area contributed by atoms with Crippen LogP contribution in [0.25, 0.3) is 0 Å². The zero-order valence-electron chi connectivity index (χ0n) is 10.9. The van der Waals surface area contributed by atoms with Gasteiger partial charge in [-0.3, -0.25) is 4.99 Å². The summed E-state index contributed by atoms with van der Waals surface area (Å²) in [5.41, 5.74) is 2.84. The third-order valence-electron chi connectivity index (χ3n) is 4.75. The van der Waals surface area contributed by atoms with Crippen LogP contribution in [0.3, 0.4) is 0 Å². The van der Waals surface area contributed by atoms with Crippen LogP contribution < -0.4 is 0 Å². The quantitative estimate of drug-likeness (QED) is 0.584. The van der Waals surface area contributed by atoms with E-state index >= 15 is 0 Å². The lowest BCUT2D eigenvalue weighted by Gasteiger charge is -2.55. The van der Waals surface area contributed by atoms with E-state index in [1.807, 2.05) is 24.3 Å². The Hall–Kier alpha value is -1.02. The summed E-state index contributed by atoms with van der Waals surface area (Å²) in [6, 6.07) is 7.98. The van der Waals surface area contributed by atoms with E-state index in [0.717, 1.165) is 16.5 Å². The van der Waals surface area contributed by atoms with E-state index in [2.05, 4.69) is 43.8 Å². The molecule has 94 valence electrons. The molecule has 1 fully saturated rings. The molecule has 0 aliphatic heterocycles. The van der Waals surface area contributed by atoms with Gasteiger partial charge < -0.3 is 0 Å². The average Bonchev–Trinajstić information content (AvgIpc) is 2.38. The summed E-state index contributed by atoms with van der Waals surface area (Å²) in [4.78, 5) is 5.54. The maximum Gasteiger partial charge on any atom is 0.0762 e. The second-order valence-electron chi connectivity index (χ2n) is 5.99. The average molecular weight is 257 g/mol. The minimum Gasteiger partial charge on any atom is -0.255 e. The monoisotopic (exact) mass is 257 g/mol. The van der Waals surface area contributed by atoms with Crippen LogP contribution >= 0.6 is 12.6 Å². The largest absolute Gasteiger partial charge is 0.255 e. The molecule has 0 aromatic heterocycles. The summed E-state index contributed by atoms with van der Waals surface area (Å²) >= 11 is 4.43. The molecule has 2 atom stereocenters. The normalized spacial score (nSPS) is 28.9. The van der Waals surface area contributed by atoms with Gasteiger partial charge in [0.1, 0.15) is 0 Å². The first kappa shape index (κ1) is 12.0. The fraction of sp³-hybridized carbons (Fsp3) is 0.438. The third-order valence-corrected chi connectivity index (χ3v) is 5.12. The molecule has 1 aromatic rings. The van der Waals surface area contributed by atoms with Crippen LogP contribution in [0.1, 0.15) is 26.7 Å². The summed E-state index contributed by atoms with van der Waals surface area (Å²) in [5.74, 6) is 1.59. The number of allylic oxidation sites excluding steroid dienone is 2. The van der Waals surface area contributed by atoms with E-state index in [9.17, 15) is 0 Å². The molecule has 2 bridgehead atoms. The number of hydrogen-bond acceptors (Lipinski definition) is 2. The molecule has 2 heteroatoms. The Morgan fingerprint density at radius 2 is 2.11 bits per heavy atom. The highest BCUT2D eigenvalue weighted by atomic mass is 32.1. The topological polar surface area (TPSA) is 12.4 Å². The van der Waals surface area contributed by atoms with Crippen LogP contribution in [0, 0.1) is 17.3 Å². The zero-order chi connectivity index (χ0) is 12.8. The summed E-state index contributed by atoms with van der Waals surface area (Å²) < 4.78 is 0. The van der Waals surface area contributed by atoms with Crippen LogP contribution in [0.2, 0.25) is 0 Å². The lowest BCUT2D eigenvalue weighted by molar-refractivity contribution is -0.00123. The predicted molar refractivity (Wildman–Crippen MR) is 79.9 cm³/mol. The molecule has 3 aliphatic rings. The van der Waals surface area contributed by atoms with E-state index in [1.54, 1.807) is 0 Å². The molecule has 3 aliphatic carbocycles. The Labute approximate surface area is 114 Å². The maximum atomic E-state index is 4.60. The molecule has 1 aromatic carbocycles. The number of rotatable bonds is 2. The van der Waals surface area contributed by atoms with Crippen molar-refractivity contribution >= 4 is 24.5 Å². The van der Waals surface area contributed by atoms with Gasteiger partial charge in [-0.1, -0.05) is 32.1 Å². The number of benzene rings is 1. The molecule has 1 saturated carbocycles. The van der Waals surface area contributed by atoms with Crippen molar-refractivity contribution in [2.45, 2.75) is 31.6 Å². The minimum atomic E-state index is 0.469. The molecule has 4 rings (SSSR count). The van der Waals surface area contributed by atoms with Crippen molar-refractivity contribution in [1.29, 1.82) is 0 Å². The minimum absolute atomic E-state index is 0.469. The zero-order valence-corrected chi connectivity index (χ0v) is 11.8. The number of aliphatic imine (C=N–C) groups is 1. The van der Waals surface area contributed by atoms with Gasteiger partial charge in [-0.05, 0) is 47.8 Å². The fourth-order valence-electron chi connectivity index (χ4n) is 3.26. The van der Waals surface area contributed by atoms with Crippen LogP contribution in [0.4, 0.5) is 5.69 Å². The molecule has 0 N–H and O–H groups in total. The fourth-order valence-corrected chi connectivity index (χ4v) is 3.48. The third kappa shape index (κ3) is 1.83. The number of thiol groups is 1. The van der Waals surface area contributed by atoms with Crippen molar-refractivity contribution in [3.05, 3.63) is 35.9 Å². The molecule has 0 saturated heterocycles. The molecule has 0 heterocycles. The van der Waals surface area contributed by atoms with Gasteiger partial charge in [-0.2, -0.15) is 0 Å². The lowest BCUT2D eigenvalue weighted by atomic mass is 9.49. The number of para-hydroxylation sites is 1. The Kier molecular flexibility index (Phi) is 2.86. The van der Waals surface area contributed by atoms with Gasteiger partial charge in [0.2, 0.25) is 0 Å². The predicted octanol–water partition coefficient (Wildman–Crippen LogP) is 4.67. The van der Waals surface area contributed by atoms with E-state index in [1.165, 1.54) is 18.4 Å². The number of fused-ring (bicyclic) bond motifs is 1. The smallest absolute Gasteiger partial charge is 0.0762 e. The summed E-state index contributed by atoms with van der Waals surface area (Å²) in [6.07, 6.45) is 6.98. The number of nitrogens with zero attached hydrogens (tertiary/aromatic N) is 1. The summed E-state index contributed by atoms with van der Waals surface area (Å²) in [6.45, 7) is 4.78. The van der Waals surface area contributed by atoms with Crippen molar-refractivity contribution in [3.63, 3.8) is 0 Å². The van der Waals surface area contributed by atoms with Crippen LogP contribution in [0.15, 0.2) is 45.8 Å². The molecular weight excluding hydrogens is 238 g/mol. The molecule has 18 heavy (non-hydrogen) atoms. The first-order chi connectivity index (χ1) is 8.59. The van der Waals surface area contributed by atoms with E-state index < -0.39 is 0 Å². The van der Waals surface area contributed by atoms with Gasteiger partial charge in [0, 0.05) is 11.1 Å². The van der Waals surface area contributed by atoms with E-state index in [4.69, 9.17) is 0 Å². The first-order valence-corrected chi connectivity index (χ1v) is 7.06. The second-order valence-corrected chi connectivity index (χ2v) is 6.48. The number of hydrogen-bond donors (Lipinski definition) is 1. The molecule has 0 radical (unpaired) electrons. The highest BCUT2D eigenvalue weighted by Crippen LogP contribution is 2.58. The van der Waals surface area contributed by atoms with Crippen molar-refractivity contribution in [1.82, 2.24) is 0 Å². The maximum absolute atomic E-state index is 4.60. The van der Waals surface area contributed by atoms with Crippen molar-refractivity contribution in [2.75, 3.05) is 0 Å². The van der Waals surface area contributed by atoms with Gasteiger partial charge in [0.05, 0.1) is 5.69 Å². The summed E-state index contributed by atoms with van der Waals surface area (Å²) in [7, 11) is 0. The molecular formula is C16H19NS. The first-order valence-electron chi connectivity index (χ1n) is 6.61. The Balaban J connectivity index is 1.82. The van der Waals surface area contributed by atoms with Gasteiger partial charge in [0.15, 0.2) is 0 Å². The van der Waals surface area contributed by atoms with E-state index in [0.29, 0.717) is 11.3 Å². The Morgan fingerprint density at radius 3 is 2.78 bits per heavy atom. The SMILES string of the molecule is CC1(C)C2CC=C(C=Nc3ccccc3S)C1C2. The summed E-state index contributed by atoms with van der Waals surface area (Å²) in [5, 5.41) is 0. The standard InChI is InChI=1S/C16H19NS/c1-16(2)12-8-7-11(13(16)9-12)10-17-14-5-3-4-6-15(14)18/h3-7,10,12-13,18H,8-9H2,1-2H3. The second kappa shape index (κ2) is 4.27. The Bertz CT molecular complexity index is 528. The van der Waals surface area contributed by atoms with Crippen LogP contribution in [-0.2, 0) is 0 Å². The van der Waals surface area contributed by atoms with Crippen molar-refractivity contribution < 1.29 is 0 Å². The molecule has 0 amide bonds. The highest BCUT2D eigenvalue weighted by Gasteiger charge is 2.50. The Morgan fingerprint density at radius 1 is 1.33 bits per heavy atom. The van der Waals surface area contributed by atoms with Gasteiger partial charge in [-0.25, -0.2) is 0 Å². The molecule has 2 unspecified atom stereocenters. The molecule has 1 nitrogen and oxygen atoms in total. The van der Waals surface area contributed by atoms with E-state index in [-0.39, 0.29) is 0 Å². The highest BCUT2D eigenvalue weighted by molar-refractivity contribution is 7.80. The van der Waals surface area contributed by atoms with Crippen molar-refractivity contribution in [2.24, 2.45) is 22.2 Å². The van der Waals surface area contributed by atoms with Gasteiger partial charge in [0.25, 0.3) is 0 Å². The van der Waals surface area contributed by atoms with Crippen LogP contribution in [-0.4, -0.2) is 6.21 Å².